The van der Waals surface area contributed by atoms with Crippen LogP contribution >= 0.6 is 0 Å². The maximum atomic E-state index is 12.6. The third kappa shape index (κ3) is 5.57. The van der Waals surface area contributed by atoms with Crippen LogP contribution in [0.2, 0.25) is 0 Å². The van der Waals surface area contributed by atoms with Gasteiger partial charge < -0.3 is 15.4 Å². The second-order valence-corrected chi connectivity index (χ2v) is 7.91. The molecule has 0 saturated carbocycles. The number of methoxy groups -OCH3 is 1. The summed E-state index contributed by atoms with van der Waals surface area (Å²) < 4.78 is 5.17. The van der Waals surface area contributed by atoms with Gasteiger partial charge in [-0.3, -0.25) is 4.79 Å². The number of pyridine rings is 1. The Kier molecular flexibility index (Phi) is 6.17. The van der Waals surface area contributed by atoms with E-state index in [-0.39, 0.29) is 11.3 Å². The molecule has 0 saturated heterocycles. The lowest BCUT2D eigenvalue weighted by Gasteiger charge is -2.19. The monoisotopic (exact) mass is 389 g/mol. The Balaban J connectivity index is 1.62. The molecule has 0 fully saturated rings. The topological polar surface area (TPSA) is 63.2 Å². The van der Waals surface area contributed by atoms with Gasteiger partial charge in [0.2, 0.25) is 0 Å². The van der Waals surface area contributed by atoms with E-state index in [9.17, 15) is 4.79 Å². The lowest BCUT2D eigenvalue weighted by atomic mass is 9.87. The van der Waals surface area contributed by atoms with Crippen LogP contribution in [0.3, 0.4) is 0 Å². The van der Waals surface area contributed by atoms with Crippen molar-refractivity contribution in [3.8, 4) is 5.75 Å². The van der Waals surface area contributed by atoms with Crippen molar-refractivity contribution in [2.75, 3.05) is 17.7 Å². The molecular formula is C24H27N3O2. The SMILES string of the molecule is COc1ccc(CNc2cc(C(=O)Nc3ccc(C(C)(C)C)cc3)ccn2)cc1. The number of amides is 1. The Morgan fingerprint density at radius 1 is 1.00 bits per heavy atom. The number of hydrogen-bond acceptors (Lipinski definition) is 4. The van der Waals surface area contributed by atoms with E-state index in [2.05, 4.69) is 36.4 Å². The summed E-state index contributed by atoms with van der Waals surface area (Å²) in [5.41, 5.74) is 3.73. The van der Waals surface area contributed by atoms with Crippen molar-refractivity contribution in [1.82, 2.24) is 4.98 Å². The van der Waals surface area contributed by atoms with Crippen molar-refractivity contribution in [3.05, 3.63) is 83.6 Å². The van der Waals surface area contributed by atoms with Gasteiger partial charge >= 0.3 is 0 Å². The zero-order chi connectivity index (χ0) is 20.9. The molecule has 0 radical (unpaired) electrons. The van der Waals surface area contributed by atoms with Crippen LogP contribution in [0.1, 0.15) is 42.3 Å². The van der Waals surface area contributed by atoms with Crippen molar-refractivity contribution >= 4 is 17.4 Å². The van der Waals surface area contributed by atoms with Crippen molar-refractivity contribution < 1.29 is 9.53 Å². The molecule has 0 atom stereocenters. The van der Waals surface area contributed by atoms with Crippen LogP contribution in [-0.4, -0.2) is 18.0 Å². The van der Waals surface area contributed by atoms with E-state index in [0.717, 1.165) is 17.0 Å². The minimum absolute atomic E-state index is 0.0814. The van der Waals surface area contributed by atoms with E-state index in [1.807, 2.05) is 48.5 Å². The van der Waals surface area contributed by atoms with E-state index < -0.39 is 0 Å². The molecule has 150 valence electrons. The summed E-state index contributed by atoms with van der Waals surface area (Å²) >= 11 is 0. The van der Waals surface area contributed by atoms with E-state index in [4.69, 9.17) is 4.74 Å². The third-order valence-corrected chi connectivity index (χ3v) is 4.66. The quantitative estimate of drug-likeness (QED) is 0.604. The molecule has 0 bridgehead atoms. The number of nitrogens with zero attached hydrogens (tertiary/aromatic N) is 1. The standard InChI is InChI=1S/C24H27N3O2/c1-24(2,3)19-7-9-20(10-8-19)27-23(28)18-13-14-25-22(15-18)26-16-17-5-11-21(29-4)12-6-17/h5-15H,16H2,1-4H3,(H,25,26)(H,27,28). The Bertz CT molecular complexity index is 959. The minimum Gasteiger partial charge on any atom is -0.497 e. The normalized spacial score (nSPS) is 11.0. The van der Waals surface area contributed by atoms with Gasteiger partial charge in [-0.2, -0.15) is 0 Å². The van der Waals surface area contributed by atoms with E-state index >= 15 is 0 Å². The number of ether oxygens (including phenoxy) is 1. The van der Waals surface area contributed by atoms with Crippen LogP contribution in [0.25, 0.3) is 0 Å². The van der Waals surface area contributed by atoms with E-state index in [0.29, 0.717) is 17.9 Å². The highest BCUT2D eigenvalue weighted by molar-refractivity contribution is 6.04. The summed E-state index contributed by atoms with van der Waals surface area (Å²) in [6, 6.07) is 19.2. The van der Waals surface area contributed by atoms with Gasteiger partial charge in [-0.25, -0.2) is 4.98 Å². The van der Waals surface area contributed by atoms with Gasteiger partial charge in [0.05, 0.1) is 7.11 Å². The number of benzene rings is 2. The molecule has 1 aromatic heterocycles. The first-order valence-electron chi connectivity index (χ1n) is 9.60. The van der Waals surface area contributed by atoms with Crippen molar-refractivity contribution in [2.24, 2.45) is 0 Å². The lowest BCUT2D eigenvalue weighted by Crippen LogP contribution is -2.14. The number of carbonyl (C=O) groups is 1. The fourth-order valence-corrected chi connectivity index (χ4v) is 2.86. The highest BCUT2D eigenvalue weighted by atomic mass is 16.5. The number of nitrogens with one attached hydrogen (secondary N) is 2. The maximum absolute atomic E-state index is 12.6. The predicted molar refractivity (Wildman–Crippen MR) is 118 cm³/mol. The number of hydrogen-bond donors (Lipinski definition) is 2. The molecule has 0 unspecified atom stereocenters. The molecule has 5 heteroatoms. The second kappa shape index (κ2) is 8.78. The van der Waals surface area contributed by atoms with Crippen LogP contribution in [0, 0.1) is 0 Å². The van der Waals surface area contributed by atoms with Crippen LogP contribution in [0.15, 0.2) is 66.9 Å². The summed E-state index contributed by atoms with van der Waals surface area (Å²) in [7, 11) is 1.65. The first-order chi connectivity index (χ1) is 13.8. The largest absolute Gasteiger partial charge is 0.497 e. The average molecular weight is 389 g/mol. The molecule has 0 aliphatic carbocycles. The Morgan fingerprint density at radius 2 is 1.69 bits per heavy atom. The highest BCUT2D eigenvalue weighted by Gasteiger charge is 2.13. The fourth-order valence-electron chi connectivity index (χ4n) is 2.86. The van der Waals surface area contributed by atoms with Crippen LogP contribution < -0.4 is 15.4 Å². The maximum Gasteiger partial charge on any atom is 0.255 e. The molecule has 5 nitrogen and oxygen atoms in total. The summed E-state index contributed by atoms with van der Waals surface area (Å²) in [6.45, 7) is 7.10. The van der Waals surface area contributed by atoms with Gasteiger partial charge in [0.25, 0.3) is 5.91 Å². The molecule has 1 amide bonds. The minimum atomic E-state index is -0.164. The fraction of sp³-hybridized carbons (Fsp3) is 0.250. The van der Waals surface area contributed by atoms with Gasteiger partial charge in [-0.05, 0) is 52.9 Å². The third-order valence-electron chi connectivity index (χ3n) is 4.66. The highest BCUT2D eigenvalue weighted by Crippen LogP contribution is 2.23. The molecular weight excluding hydrogens is 362 g/mol. The second-order valence-electron chi connectivity index (χ2n) is 7.91. The van der Waals surface area contributed by atoms with Crippen LogP contribution in [-0.2, 0) is 12.0 Å². The zero-order valence-corrected chi connectivity index (χ0v) is 17.3. The zero-order valence-electron chi connectivity index (χ0n) is 17.3. The van der Waals surface area contributed by atoms with Crippen LogP contribution in [0.4, 0.5) is 11.5 Å². The predicted octanol–water partition coefficient (Wildman–Crippen LogP) is 5.25. The van der Waals surface area contributed by atoms with Crippen molar-refractivity contribution in [3.63, 3.8) is 0 Å². The van der Waals surface area contributed by atoms with Crippen LogP contribution in [0.5, 0.6) is 5.75 Å². The average Bonchev–Trinajstić information content (AvgIpc) is 2.72. The Morgan fingerprint density at radius 3 is 2.31 bits per heavy atom. The molecule has 2 aromatic carbocycles. The number of rotatable bonds is 6. The van der Waals surface area contributed by atoms with Gasteiger partial charge in [-0.15, -0.1) is 0 Å². The summed E-state index contributed by atoms with van der Waals surface area (Å²) in [5, 5.41) is 6.19. The lowest BCUT2D eigenvalue weighted by molar-refractivity contribution is 0.102. The van der Waals surface area contributed by atoms with Gasteiger partial charge in [0, 0.05) is 24.0 Å². The number of aromatic nitrogens is 1. The van der Waals surface area contributed by atoms with Gasteiger partial charge in [-0.1, -0.05) is 45.0 Å². The molecule has 0 spiro atoms. The number of anilines is 2. The molecule has 2 N–H and O–H groups in total. The first-order valence-corrected chi connectivity index (χ1v) is 9.60. The molecule has 3 aromatic rings. The molecule has 0 aliphatic rings. The summed E-state index contributed by atoms with van der Waals surface area (Å²) in [4.78, 5) is 16.9. The summed E-state index contributed by atoms with van der Waals surface area (Å²) in [6.07, 6.45) is 1.63. The van der Waals surface area contributed by atoms with E-state index in [1.54, 1.807) is 25.4 Å². The molecule has 3 rings (SSSR count). The first kappa shape index (κ1) is 20.4. The number of carbonyl (C=O) groups excluding carboxylic acids is 1. The van der Waals surface area contributed by atoms with Crippen molar-refractivity contribution in [1.29, 1.82) is 0 Å². The molecule has 0 aliphatic heterocycles. The van der Waals surface area contributed by atoms with Gasteiger partial charge in [0.15, 0.2) is 0 Å². The van der Waals surface area contributed by atoms with Gasteiger partial charge in [0.1, 0.15) is 11.6 Å². The Hall–Kier alpha value is -3.34. The summed E-state index contributed by atoms with van der Waals surface area (Å²) in [5.74, 6) is 1.31. The van der Waals surface area contributed by atoms with Crippen molar-refractivity contribution in [2.45, 2.75) is 32.7 Å². The Labute approximate surface area is 172 Å². The molecule has 29 heavy (non-hydrogen) atoms. The van der Waals surface area contributed by atoms with E-state index in [1.165, 1.54) is 5.56 Å². The molecule has 1 heterocycles. The smallest absolute Gasteiger partial charge is 0.255 e.